The standard InChI is InChI=1S/C7H16N3/c1-10-4-2-8-6-7(10)9-3-5-10/h7-9H,2-6H2,1H3/q+1. The van der Waals surface area contributed by atoms with Gasteiger partial charge in [-0.05, 0) is 0 Å². The minimum atomic E-state index is 0.689. The van der Waals surface area contributed by atoms with Gasteiger partial charge in [-0.2, -0.15) is 0 Å². The SMILES string of the molecule is C[N+]12CCNCC1NCC2. The third-order valence-corrected chi connectivity index (χ3v) is 2.89. The summed E-state index contributed by atoms with van der Waals surface area (Å²) in [6.45, 7) is 6.14. The van der Waals surface area contributed by atoms with Crippen molar-refractivity contribution in [2.75, 3.05) is 39.8 Å². The Labute approximate surface area is 62.0 Å². The molecule has 0 aromatic rings. The van der Waals surface area contributed by atoms with Crippen molar-refractivity contribution in [1.29, 1.82) is 0 Å². The number of hydrogen-bond acceptors (Lipinski definition) is 2. The molecule has 10 heavy (non-hydrogen) atoms. The second-order valence-corrected chi connectivity index (χ2v) is 3.60. The van der Waals surface area contributed by atoms with Crippen LogP contribution in [0.1, 0.15) is 0 Å². The number of hydrogen-bond donors (Lipinski definition) is 2. The van der Waals surface area contributed by atoms with Crippen molar-refractivity contribution < 1.29 is 4.48 Å². The molecule has 0 radical (unpaired) electrons. The van der Waals surface area contributed by atoms with E-state index < -0.39 is 0 Å². The van der Waals surface area contributed by atoms with Gasteiger partial charge in [-0.15, -0.1) is 0 Å². The summed E-state index contributed by atoms with van der Waals surface area (Å²) in [7, 11) is 2.35. The van der Waals surface area contributed by atoms with Crippen LogP contribution in [0.2, 0.25) is 0 Å². The number of quaternary nitrogens is 1. The van der Waals surface area contributed by atoms with Gasteiger partial charge in [-0.1, -0.05) is 0 Å². The van der Waals surface area contributed by atoms with Gasteiger partial charge in [0.2, 0.25) is 0 Å². The fourth-order valence-corrected chi connectivity index (χ4v) is 2.00. The van der Waals surface area contributed by atoms with E-state index in [0.29, 0.717) is 6.17 Å². The van der Waals surface area contributed by atoms with Gasteiger partial charge in [-0.25, -0.2) is 0 Å². The fraction of sp³-hybridized carbons (Fsp3) is 1.00. The Bertz CT molecular complexity index is 137. The quantitative estimate of drug-likeness (QED) is 0.422. The van der Waals surface area contributed by atoms with Crippen LogP contribution in [0, 0.1) is 0 Å². The average Bonchev–Trinajstić information content (AvgIpc) is 2.29. The lowest BCUT2D eigenvalue weighted by Gasteiger charge is -2.39. The number of nitrogens with one attached hydrogen (secondary N) is 2. The third-order valence-electron chi connectivity index (χ3n) is 2.89. The van der Waals surface area contributed by atoms with Crippen LogP contribution in [0.25, 0.3) is 0 Å². The van der Waals surface area contributed by atoms with Crippen molar-refractivity contribution in [3.63, 3.8) is 0 Å². The summed E-state index contributed by atoms with van der Waals surface area (Å²) in [5.74, 6) is 0. The zero-order chi connectivity index (χ0) is 7.03. The minimum absolute atomic E-state index is 0.689. The maximum absolute atomic E-state index is 3.51. The first-order valence-electron chi connectivity index (χ1n) is 4.10. The van der Waals surface area contributed by atoms with Crippen molar-refractivity contribution in [1.82, 2.24) is 10.6 Å². The second-order valence-electron chi connectivity index (χ2n) is 3.60. The smallest absolute Gasteiger partial charge is 0.155 e. The molecule has 0 bridgehead atoms. The Morgan fingerprint density at radius 2 is 2.10 bits per heavy atom. The molecule has 3 nitrogen and oxygen atoms in total. The van der Waals surface area contributed by atoms with Gasteiger partial charge in [0.05, 0.1) is 33.2 Å². The van der Waals surface area contributed by atoms with E-state index in [1.165, 1.54) is 30.7 Å². The molecule has 58 valence electrons. The Morgan fingerprint density at radius 1 is 1.30 bits per heavy atom. The minimum Gasteiger partial charge on any atom is -0.308 e. The van der Waals surface area contributed by atoms with Crippen LogP contribution < -0.4 is 10.6 Å². The van der Waals surface area contributed by atoms with Crippen LogP contribution in [0.3, 0.4) is 0 Å². The zero-order valence-corrected chi connectivity index (χ0v) is 6.56. The van der Waals surface area contributed by atoms with Crippen LogP contribution in [0.4, 0.5) is 0 Å². The Kier molecular flexibility index (Phi) is 1.44. The first-order valence-corrected chi connectivity index (χ1v) is 4.10. The lowest BCUT2D eigenvalue weighted by molar-refractivity contribution is -0.923. The maximum Gasteiger partial charge on any atom is 0.155 e. The Hall–Kier alpha value is -0.120. The molecule has 0 spiro atoms. The van der Waals surface area contributed by atoms with Gasteiger partial charge in [0.1, 0.15) is 0 Å². The lowest BCUT2D eigenvalue weighted by atomic mass is 10.3. The summed E-state index contributed by atoms with van der Waals surface area (Å²) >= 11 is 0. The van der Waals surface area contributed by atoms with E-state index in [2.05, 4.69) is 17.7 Å². The molecule has 0 aromatic heterocycles. The first kappa shape index (κ1) is 6.58. The Balaban J connectivity index is 2.10. The first-order chi connectivity index (χ1) is 4.81. The van der Waals surface area contributed by atoms with E-state index in [4.69, 9.17) is 0 Å². The van der Waals surface area contributed by atoms with Crippen LogP contribution in [-0.2, 0) is 0 Å². The largest absolute Gasteiger partial charge is 0.308 e. The molecular weight excluding hydrogens is 126 g/mol. The topological polar surface area (TPSA) is 24.1 Å². The summed E-state index contributed by atoms with van der Waals surface area (Å²) in [5, 5.41) is 6.91. The monoisotopic (exact) mass is 142 g/mol. The molecular formula is C7H16N3+. The van der Waals surface area contributed by atoms with E-state index in [1.807, 2.05) is 0 Å². The molecule has 2 atom stereocenters. The zero-order valence-electron chi connectivity index (χ0n) is 6.56. The van der Waals surface area contributed by atoms with E-state index >= 15 is 0 Å². The molecule has 2 unspecified atom stereocenters. The summed E-state index contributed by atoms with van der Waals surface area (Å²) in [6, 6.07) is 0. The van der Waals surface area contributed by atoms with E-state index in [1.54, 1.807) is 0 Å². The molecule has 2 aliphatic rings. The molecule has 3 heteroatoms. The summed E-state index contributed by atoms with van der Waals surface area (Å²) in [6.07, 6.45) is 0.689. The fourth-order valence-electron chi connectivity index (χ4n) is 2.00. The van der Waals surface area contributed by atoms with Crippen molar-refractivity contribution in [2.45, 2.75) is 6.17 Å². The second kappa shape index (κ2) is 2.19. The molecule has 2 fully saturated rings. The maximum atomic E-state index is 3.51. The molecule has 0 aromatic carbocycles. The molecule has 2 saturated heterocycles. The molecule has 0 aliphatic carbocycles. The number of likely N-dealkylation sites (N-methyl/N-ethyl adjacent to an activating group) is 1. The highest BCUT2D eigenvalue weighted by atomic mass is 15.5. The number of nitrogens with zero attached hydrogens (tertiary/aromatic N) is 1. The molecule has 0 amide bonds. The lowest BCUT2D eigenvalue weighted by Crippen LogP contribution is -2.62. The van der Waals surface area contributed by atoms with Gasteiger partial charge in [0, 0.05) is 6.54 Å². The highest BCUT2D eigenvalue weighted by Gasteiger charge is 2.39. The van der Waals surface area contributed by atoms with Crippen molar-refractivity contribution in [2.24, 2.45) is 0 Å². The van der Waals surface area contributed by atoms with Crippen molar-refractivity contribution in [3.8, 4) is 0 Å². The third kappa shape index (κ3) is 0.856. The Morgan fingerprint density at radius 3 is 2.90 bits per heavy atom. The van der Waals surface area contributed by atoms with Gasteiger partial charge in [-0.3, -0.25) is 5.32 Å². The highest BCUT2D eigenvalue weighted by molar-refractivity contribution is 4.72. The molecule has 0 saturated carbocycles. The van der Waals surface area contributed by atoms with Gasteiger partial charge in [0.25, 0.3) is 0 Å². The van der Waals surface area contributed by atoms with E-state index in [-0.39, 0.29) is 0 Å². The summed E-state index contributed by atoms with van der Waals surface area (Å²) in [4.78, 5) is 0. The van der Waals surface area contributed by atoms with Crippen molar-refractivity contribution >= 4 is 0 Å². The van der Waals surface area contributed by atoms with Crippen LogP contribution in [-0.4, -0.2) is 50.4 Å². The molecule has 2 heterocycles. The predicted molar refractivity (Wildman–Crippen MR) is 40.6 cm³/mol. The van der Waals surface area contributed by atoms with Gasteiger partial charge < -0.3 is 9.80 Å². The normalized spacial score (nSPS) is 47.1. The molecule has 2 rings (SSSR count). The summed E-state index contributed by atoms with van der Waals surface area (Å²) in [5.41, 5.74) is 0. The van der Waals surface area contributed by atoms with Crippen molar-refractivity contribution in [3.05, 3.63) is 0 Å². The van der Waals surface area contributed by atoms with Gasteiger partial charge >= 0.3 is 0 Å². The van der Waals surface area contributed by atoms with Crippen LogP contribution >= 0.6 is 0 Å². The number of rotatable bonds is 0. The van der Waals surface area contributed by atoms with E-state index in [9.17, 15) is 0 Å². The molecule has 2 N–H and O–H groups in total. The van der Waals surface area contributed by atoms with Gasteiger partial charge in [0.15, 0.2) is 6.17 Å². The number of fused-ring (bicyclic) bond motifs is 1. The molecule has 2 aliphatic heterocycles. The summed E-state index contributed by atoms with van der Waals surface area (Å²) < 4.78 is 1.24. The van der Waals surface area contributed by atoms with E-state index in [0.717, 1.165) is 6.54 Å². The average molecular weight is 142 g/mol. The highest BCUT2D eigenvalue weighted by Crippen LogP contribution is 2.14. The van der Waals surface area contributed by atoms with Crippen LogP contribution in [0.5, 0.6) is 0 Å². The number of piperazine rings is 1. The van der Waals surface area contributed by atoms with Crippen LogP contribution in [0.15, 0.2) is 0 Å². The predicted octanol–water partition coefficient (Wildman–Crippen LogP) is -1.03.